The third-order valence-corrected chi connectivity index (χ3v) is 2.65. The van der Waals surface area contributed by atoms with Crippen LogP contribution in [-0.2, 0) is 0 Å². The molecule has 1 unspecified atom stereocenters. The molecule has 0 saturated heterocycles. The highest BCUT2D eigenvalue weighted by atomic mass is 16.5. The summed E-state index contributed by atoms with van der Waals surface area (Å²) in [4.78, 5) is 4.04. The first-order valence-electron chi connectivity index (χ1n) is 6.01. The van der Waals surface area contributed by atoms with E-state index in [-0.39, 0.29) is 6.10 Å². The Morgan fingerprint density at radius 2 is 1.76 bits per heavy atom. The average molecular weight is 227 g/mol. The lowest BCUT2D eigenvalue weighted by molar-refractivity contribution is 0.193. The summed E-state index contributed by atoms with van der Waals surface area (Å²) in [5.74, 6) is 0.919. The summed E-state index contributed by atoms with van der Waals surface area (Å²) in [6.07, 6.45) is 5.85. The molecule has 1 aromatic heterocycles. The molecule has 0 radical (unpaired) electrons. The van der Waals surface area contributed by atoms with Gasteiger partial charge in [0.05, 0.1) is 0 Å². The predicted molar refractivity (Wildman–Crippen MR) is 69.0 cm³/mol. The van der Waals surface area contributed by atoms with Crippen molar-refractivity contribution in [2.24, 2.45) is 0 Å². The van der Waals surface area contributed by atoms with Crippen molar-refractivity contribution < 1.29 is 4.74 Å². The molecule has 17 heavy (non-hydrogen) atoms. The Labute approximate surface area is 102 Å². The molecule has 1 heterocycles. The van der Waals surface area contributed by atoms with Crippen LogP contribution in [0.15, 0.2) is 54.9 Å². The number of nitrogens with zero attached hydrogens (tertiary/aromatic N) is 1. The highest BCUT2D eigenvalue weighted by Crippen LogP contribution is 2.25. The van der Waals surface area contributed by atoms with Gasteiger partial charge in [-0.15, -0.1) is 0 Å². The van der Waals surface area contributed by atoms with Gasteiger partial charge in [-0.05, 0) is 36.2 Å². The van der Waals surface area contributed by atoms with Gasteiger partial charge in [0.1, 0.15) is 11.9 Å². The van der Waals surface area contributed by atoms with Crippen molar-refractivity contribution in [1.82, 2.24) is 4.98 Å². The molecule has 0 aliphatic rings. The van der Waals surface area contributed by atoms with Gasteiger partial charge in [-0.25, -0.2) is 0 Å². The van der Waals surface area contributed by atoms with E-state index < -0.39 is 0 Å². The highest BCUT2D eigenvalue weighted by molar-refractivity contribution is 5.23. The van der Waals surface area contributed by atoms with Crippen molar-refractivity contribution in [2.45, 2.75) is 25.9 Å². The second-order valence-electron chi connectivity index (χ2n) is 3.99. The van der Waals surface area contributed by atoms with Gasteiger partial charge in [-0.3, -0.25) is 4.98 Å². The minimum absolute atomic E-state index is 0.116. The number of ether oxygens (including phenoxy) is 1. The number of hydrogen-bond donors (Lipinski definition) is 0. The number of aromatic nitrogens is 1. The molecule has 0 aliphatic carbocycles. The van der Waals surface area contributed by atoms with Crippen LogP contribution in [0.25, 0.3) is 0 Å². The van der Waals surface area contributed by atoms with Gasteiger partial charge in [0.2, 0.25) is 0 Å². The first kappa shape index (κ1) is 11.6. The van der Waals surface area contributed by atoms with Crippen LogP contribution in [0, 0.1) is 0 Å². The molecule has 2 heteroatoms. The number of pyridine rings is 1. The van der Waals surface area contributed by atoms with E-state index in [0.29, 0.717) is 0 Å². The Morgan fingerprint density at radius 1 is 1.06 bits per heavy atom. The van der Waals surface area contributed by atoms with Crippen LogP contribution < -0.4 is 4.74 Å². The average Bonchev–Trinajstić information content (AvgIpc) is 2.40. The second-order valence-corrected chi connectivity index (χ2v) is 3.99. The van der Waals surface area contributed by atoms with Crippen molar-refractivity contribution in [3.8, 4) is 5.75 Å². The van der Waals surface area contributed by atoms with Gasteiger partial charge < -0.3 is 4.74 Å². The Kier molecular flexibility index (Phi) is 4.14. The summed E-state index contributed by atoms with van der Waals surface area (Å²) in [5.41, 5.74) is 1.19. The van der Waals surface area contributed by atoms with Crippen molar-refractivity contribution in [2.75, 3.05) is 0 Å². The van der Waals surface area contributed by atoms with Crippen LogP contribution >= 0.6 is 0 Å². The number of benzene rings is 1. The van der Waals surface area contributed by atoms with E-state index in [1.54, 1.807) is 0 Å². The van der Waals surface area contributed by atoms with Crippen LogP contribution in [0.4, 0.5) is 0 Å². The van der Waals surface area contributed by atoms with Crippen molar-refractivity contribution in [3.63, 3.8) is 0 Å². The Bertz CT molecular complexity index is 427. The van der Waals surface area contributed by atoms with Crippen molar-refractivity contribution in [3.05, 3.63) is 60.4 Å². The summed E-state index contributed by atoms with van der Waals surface area (Å²) in [6.45, 7) is 2.17. The molecule has 2 aromatic rings. The van der Waals surface area contributed by atoms with Crippen molar-refractivity contribution >= 4 is 0 Å². The molecular weight excluding hydrogens is 210 g/mol. The fourth-order valence-corrected chi connectivity index (χ4v) is 1.80. The molecule has 88 valence electrons. The highest BCUT2D eigenvalue weighted by Gasteiger charge is 2.11. The van der Waals surface area contributed by atoms with Gasteiger partial charge in [0, 0.05) is 12.4 Å². The van der Waals surface area contributed by atoms with E-state index in [0.717, 1.165) is 18.6 Å². The topological polar surface area (TPSA) is 22.1 Å². The molecule has 0 saturated carbocycles. The van der Waals surface area contributed by atoms with Crippen molar-refractivity contribution in [1.29, 1.82) is 0 Å². The standard InChI is InChI=1S/C15H17NO/c1-2-6-15(13-9-11-16-12-10-13)17-14-7-4-3-5-8-14/h3-5,7-12,15H,2,6H2,1H3. The first-order valence-corrected chi connectivity index (χ1v) is 6.01. The third kappa shape index (κ3) is 3.31. The number of rotatable bonds is 5. The molecule has 0 fully saturated rings. The van der Waals surface area contributed by atoms with Gasteiger partial charge in [0.15, 0.2) is 0 Å². The lowest BCUT2D eigenvalue weighted by Crippen LogP contribution is -2.07. The fourth-order valence-electron chi connectivity index (χ4n) is 1.80. The first-order chi connectivity index (χ1) is 8.40. The van der Waals surface area contributed by atoms with Crippen LogP contribution in [0.5, 0.6) is 5.75 Å². The van der Waals surface area contributed by atoms with E-state index in [1.165, 1.54) is 5.56 Å². The fraction of sp³-hybridized carbons (Fsp3) is 0.267. The molecule has 1 atom stereocenters. The van der Waals surface area contributed by atoms with E-state index in [1.807, 2.05) is 54.9 Å². The summed E-state index contributed by atoms with van der Waals surface area (Å²) in [6, 6.07) is 14.0. The molecule has 2 rings (SSSR count). The lowest BCUT2D eigenvalue weighted by atomic mass is 10.1. The number of para-hydroxylation sites is 1. The molecule has 0 spiro atoms. The van der Waals surface area contributed by atoms with Gasteiger partial charge in [0.25, 0.3) is 0 Å². The van der Waals surface area contributed by atoms with Gasteiger partial charge >= 0.3 is 0 Å². The summed E-state index contributed by atoms with van der Waals surface area (Å²) in [7, 11) is 0. The lowest BCUT2D eigenvalue weighted by Gasteiger charge is -2.18. The third-order valence-electron chi connectivity index (χ3n) is 2.65. The Balaban J connectivity index is 2.13. The Hall–Kier alpha value is -1.83. The molecule has 2 nitrogen and oxygen atoms in total. The normalized spacial score (nSPS) is 12.1. The maximum absolute atomic E-state index is 6.01. The molecule has 1 aromatic carbocycles. The van der Waals surface area contributed by atoms with E-state index in [9.17, 15) is 0 Å². The molecule has 0 aliphatic heterocycles. The zero-order valence-corrected chi connectivity index (χ0v) is 10.0. The van der Waals surface area contributed by atoms with Crippen LogP contribution in [0.3, 0.4) is 0 Å². The maximum atomic E-state index is 6.01. The smallest absolute Gasteiger partial charge is 0.124 e. The SMILES string of the molecule is CCCC(Oc1ccccc1)c1ccncc1. The Morgan fingerprint density at radius 3 is 2.41 bits per heavy atom. The summed E-state index contributed by atoms with van der Waals surface area (Å²) in [5, 5.41) is 0. The minimum atomic E-state index is 0.116. The minimum Gasteiger partial charge on any atom is -0.486 e. The zero-order chi connectivity index (χ0) is 11.9. The van der Waals surface area contributed by atoms with Gasteiger partial charge in [-0.1, -0.05) is 31.5 Å². The molecule has 0 N–H and O–H groups in total. The monoisotopic (exact) mass is 227 g/mol. The quantitative estimate of drug-likeness (QED) is 0.770. The van der Waals surface area contributed by atoms with Crippen LogP contribution in [0.2, 0.25) is 0 Å². The summed E-state index contributed by atoms with van der Waals surface area (Å²) < 4.78 is 6.01. The molecule has 0 bridgehead atoms. The van der Waals surface area contributed by atoms with Crippen LogP contribution in [-0.4, -0.2) is 4.98 Å². The molecule has 0 amide bonds. The van der Waals surface area contributed by atoms with E-state index in [4.69, 9.17) is 4.74 Å². The van der Waals surface area contributed by atoms with Crippen LogP contribution in [0.1, 0.15) is 31.4 Å². The largest absolute Gasteiger partial charge is 0.486 e. The summed E-state index contributed by atoms with van der Waals surface area (Å²) >= 11 is 0. The second kappa shape index (κ2) is 6.04. The maximum Gasteiger partial charge on any atom is 0.124 e. The van der Waals surface area contributed by atoms with E-state index >= 15 is 0 Å². The molecular formula is C15H17NO. The predicted octanol–water partition coefficient (Wildman–Crippen LogP) is 4.00. The van der Waals surface area contributed by atoms with E-state index in [2.05, 4.69) is 11.9 Å². The van der Waals surface area contributed by atoms with Gasteiger partial charge in [-0.2, -0.15) is 0 Å². The zero-order valence-electron chi connectivity index (χ0n) is 10.0. The number of hydrogen-bond acceptors (Lipinski definition) is 2.